The van der Waals surface area contributed by atoms with Gasteiger partial charge in [0, 0.05) is 17.2 Å². The quantitative estimate of drug-likeness (QED) is 0.506. The molecule has 0 bridgehead atoms. The number of carbonyl (C=O) groups excluding carboxylic acids is 1. The molecule has 1 aliphatic rings. The van der Waals surface area contributed by atoms with E-state index < -0.39 is 4.92 Å². The highest BCUT2D eigenvalue weighted by molar-refractivity contribution is 6.05. The summed E-state index contributed by atoms with van der Waals surface area (Å²) in [5.41, 5.74) is 4.25. The van der Waals surface area contributed by atoms with Gasteiger partial charge < -0.3 is 14.8 Å². The van der Waals surface area contributed by atoms with Gasteiger partial charge in [0.1, 0.15) is 17.2 Å². The van der Waals surface area contributed by atoms with Crippen LogP contribution in [0, 0.1) is 10.1 Å². The summed E-state index contributed by atoms with van der Waals surface area (Å²) in [4.78, 5) is 23.3. The molecule has 1 heterocycles. The third-order valence-electron chi connectivity index (χ3n) is 4.95. The van der Waals surface area contributed by atoms with Gasteiger partial charge in [0.25, 0.3) is 11.6 Å². The first-order chi connectivity index (χ1) is 14.0. The summed E-state index contributed by atoms with van der Waals surface area (Å²) in [7, 11) is 3.01. The largest absolute Gasteiger partial charge is 0.497 e. The Labute approximate surface area is 165 Å². The summed E-state index contributed by atoms with van der Waals surface area (Å²) >= 11 is 0. The number of hydrogen-bond acceptors (Lipinski definition) is 6. The van der Waals surface area contributed by atoms with E-state index in [0.717, 1.165) is 34.6 Å². The molecule has 1 aliphatic carbocycles. The first-order valence-electron chi connectivity index (χ1n) is 8.90. The summed E-state index contributed by atoms with van der Waals surface area (Å²) in [5, 5.41) is 20.9. The molecule has 0 radical (unpaired) electrons. The zero-order chi connectivity index (χ0) is 20.5. The average molecular weight is 394 g/mol. The van der Waals surface area contributed by atoms with Crippen LogP contribution in [0.1, 0.15) is 21.6 Å². The Kier molecular flexibility index (Phi) is 4.63. The van der Waals surface area contributed by atoms with Crippen LogP contribution in [-0.4, -0.2) is 35.2 Å². The molecule has 4 rings (SSSR count). The number of aromatic nitrogens is 2. The fourth-order valence-electron chi connectivity index (χ4n) is 3.50. The van der Waals surface area contributed by atoms with Crippen molar-refractivity contribution in [3.8, 4) is 22.8 Å². The van der Waals surface area contributed by atoms with Crippen molar-refractivity contribution in [1.82, 2.24) is 10.2 Å². The zero-order valence-corrected chi connectivity index (χ0v) is 15.8. The molecule has 2 N–H and O–H groups in total. The fraction of sp³-hybridized carbons (Fsp3) is 0.200. The van der Waals surface area contributed by atoms with Gasteiger partial charge in [0.15, 0.2) is 0 Å². The van der Waals surface area contributed by atoms with E-state index >= 15 is 0 Å². The molecule has 29 heavy (non-hydrogen) atoms. The first kappa shape index (κ1) is 18.5. The molecule has 9 nitrogen and oxygen atoms in total. The van der Waals surface area contributed by atoms with Crippen molar-refractivity contribution in [3.63, 3.8) is 0 Å². The van der Waals surface area contributed by atoms with Gasteiger partial charge in [0.05, 0.1) is 36.6 Å². The lowest BCUT2D eigenvalue weighted by Gasteiger charge is -2.17. The minimum atomic E-state index is -0.522. The number of nitro groups is 1. The standard InChI is InChI=1S/C20H18N4O5/c1-28-13-5-7-14-11(9-13)3-6-15-18(14)22-23-19(15)20(25)21-16-8-4-12(24(26)27)10-17(16)29-2/h4-5,7-10H,3,6H2,1-2H3,(H,21,25)(H,22,23). The normalized spacial score (nSPS) is 11.9. The Balaban J connectivity index is 1.63. The molecule has 2 aromatic carbocycles. The second-order valence-electron chi connectivity index (χ2n) is 6.54. The molecule has 0 saturated carbocycles. The highest BCUT2D eigenvalue weighted by Crippen LogP contribution is 2.36. The van der Waals surface area contributed by atoms with Crippen molar-refractivity contribution < 1.29 is 19.2 Å². The summed E-state index contributed by atoms with van der Waals surface area (Å²) < 4.78 is 10.5. The van der Waals surface area contributed by atoms with Crippen LogP contribution in [0.15, 0.2) is 36.4 Å². The first-order valence-corrected chi connectivity index (χ1v) is 8.90. The van der Waals surface area contributed by atoms with Crippen LogP contribution in [0.5, 0.6) is 11.5 Å². The van der Waals surface area contributed by atoms with E-state index in [1.54, 1.807) is 7.11 Å². The third-order valence-corrected chi connectivity index (χ3v) is 4.95. The van der Waals surface area contributed by atoms with Gasteiger partial charge >= 0.3 is 0 Å². The van der Waals surface area contributed by atoms with E-state index in [1.807, 2.05) is 18.2 Å². The zero-order valence-electron chi connectivity index (χ0n) is 15.8. The van der Waals surface area contributed by atoms with Crippen molar-refractivity contribution in [2.75, 3.05) is 19.5 Å². The highest BCUT2D eigenvalue weighted by Gasteiger charge is 2.26. The van der Waals surface area contributed by atoms with Gasteiger partial charge in [0.2, 0.25) is 0 Å². The van der Waals surface area contributed by atoms with Crippen molar-refractivity contribution in [3.05, 3.63) is 63.3 Å². The summed E-state index contributed by atoms with van der Waals surface area (Å²) in [6, 6.07) is 9.80. The summed E-state index contributed by atoms with van der Waals surface area (Å²) in [6.45, 7) is 0. The molecule has 0 fully saturated rings. The minimum absolute atomic E-state index is 0.120. The number of rotatable bonds is 5. The number of nitrogens with one attached hydrogen (secondary N) is 2. The smallest absolute Gasteiger partial charge is 0.274 e. The number of H-pyrrole nitrogens is 1. The van der Waals surface area contributed by atoms with Crippen LogP contribution < -0.4 is 14.8 Å². The molecule has 0 saturated heterocycles. The highest BCUT2D eigenvalue weighted by atomic mass is 16.6. The van der Waals surface area contributed by atoms with Crippen molar-refractivity contribution in [2.24, 2.45) is 0 Å². The molecule has 3 aromatic rings. The SMILES string of the molecule is COc1ccc2c(c1)CCc1c-2n[nH]c1C(=O)Nc1ccc([N+](=O)[O-])cc1OC. The van der Waals surface area contributed by atoms with Crippen LogP contribution in [-0.2, 0) is 12.8 Å². The van der Waals surface area contributed by atoms with E-state index in [4.69, 9.17) is 9.47 Å². The number of carbonyl (C=O) groups is 1. The van der Waals surface area contributed by atoms with E-state index in [1.165, 1.54) is 25.3 Å². The number of fused-ring (bicyclic) bond motifs is 3. The predicted molar refractivity (Wildman–Crippen MR) is 106 cm³/mol. The van der Waals surface area contributed by atoms with Crippen LogP contribution in [0.25, 0.3) is 11.3 Å². The number of ether oxygens (including phenoxy) is 2. The second kappa shape index (κ2) is 7.27. The van der Waals surface area contributed by atoms with Crippen LogP contribution in [0.3, 0.4) is 0 Å². The molecule has 148 valence electrons. The monoisotopic (exact) mass is 394 g/mol. The van der Waals surface area contributed by atoms with Crippen molar-refractivity contribution in [2.45, 2.75) is 12.8 Å². The number of non-ortho nitro benzene ring substituents is 1. The van der Waals surface area contributed by atoms with E-state index in [-0.39, 0.29) is 17.3 Å². The van der Waals surface area contributed by atoms with E-state index in [2.05, 4.69) is 15.5 Å². The molecule has 9 heteroatoms. The van der Waals surface area contributed by atoms with Crippen LogP contribution in [0.2, 0.25) is 0 Å². The van der Waals surface area contributed by atoms with Crippen molar-refractivity contribution >= 4 is 17.3 Å². The number of anilines is 1. The molecule has 0 atom stereocenters. The minimum Gasteiger partial charge on any atom is -0.497 e. The Hall–Kier alpha value is -3.88. The molecular weight excluding hydrogens is 376 g/mol. The Morgan fingerprint density at radius 3 is 2.72 bits per heavy atom. The summed E-state index contributed by atoms with van der Waals surface area (Å²) in [6.07, 6.45) is 1.42. The molecule has 0 aliphatic heterocycles. The lowest BCUT2D eigenvalue weighted by atomic mass is 9.89. The maximum Gasteiger partial charge on any atom is 0.274 e. The maximum atomic E-state index is 12.9. The van der Waals surface area contributed by atoms with Crippen molar-refractivity contribution in [1.29, 1.82) is 0 Å². The Morgan fingerprint density at radius 2 is 2.00 bits per heavy atom. The van der Waals surface area contributed by atoms with E-state index in [0.29, 0.717) is 17.8 Å². The van der Waals surface area contributed by atoms with Gasteiger partial charge in [-0.1, -0.05) is 0 Å². The number of methoxy groups -OCH3 is 2. The van der Waals surface area contributed by atoms with Gasteiger partial charge in [-0.05, 0) is 42.7 Å². The number of aryl methyl sites for hydroxylation is 1. The number of nitro benzene ring substituents is 1. The van der Waals surface area contributed by atoms with Gasteiger partial charge in [-0.15, -0.1) is 0 Å². The van der Waals surface area contributed by atoms with E-state index in [9.17, 15) is 14.9 Å². The number of hydrogen-bond donors (Lipinski definition) is 2. The van der Waals surface area contributed by atoms with Gasteiger partial charge in [-0.2, -0.15) is 5.10 Å². The number of amides is 1. The van der Waals surface area contributed by atoms with Gasteiger partial charge in [-0.25, -0.2) is 0 Å². The molecular formula is C20H18N4O5. The van der Waals surface area contributed by atoms with Crippen LogP contribution in [0.4, 0.5) is 11.4 Å². The topological polar surface area (TPSA) is 119 Å². The van der Waals surface area contributed by atoms with Crippen LogP contribution >= 0.6 is 0 Å². The molecule has 1 amide bonds. The summed E-state index contributed by atoms with van der Waals surface area (Å²) in [5.74, 6) is 0.604. The second-order valence-corrected chi connectivity index (χ2v) is 6.54. The number of nitrogens with zero attached hydrogens (tertiary/aromatic N) is 2. The number of benzene rings is 2. The fourth-order valence-corrected chi connectivity index (χ4v) is 3.50. The third kappa shape index (κ3) is 3.27. The van der Waals surface area contributed by atoms with Gasteiger partial charge in [-0.3, -0.25) is 20.0 Å². The Morgan fingerprint density at radius 1 is 1.17 bits per heavy atom. The predicted octanol–water partition coefficient (Wildman–Crippen LogP) is 3.35. The maximum absolute atomic E-state index is 12.9. The lowest BCUT2D eigenvalue weighted by molar-refractivity contribution is -0.384. The molecule has 0 spiro atoms. The Bertz CT molecular complexity index is 1120. The lowest BCUT2D eigenvalue weighted by Crippen LogP contribution is -2.16. The molecule has 0 unspecified atom stereocenters. The molecule has 1 aromatic heterocycles. The average Bonchev–Trinajstić information content (AvgIpc) is 3.18. The number of aromatic amines is 1.